The molecule has 0 fully saturated rings. The largest absolute Gasteiger partial charge is 0.433 e. The van der Waals surface area contributed by atoms with Gasteiger partial charge < -0.3 is 9.15 Å². The van der Waals surface area contributed by atoms with Crippen LogP contribution in [0.25, 0.3) is 11.5 Å². The monoisotopic (exact) mass is 200 g/mol. The molecule has 0 bridgehead atoms. The molecule has 0 saturated heterocycles. The van der Waals surface area contributed by atoms with Crippen LogP contribution in [0, 0.1) is 6.26 Å². The summed E-state index contributed by atoms with van der Waals surface area (Å²) in [5.41, 5.74) is 3.61. The second-order valence-electron chi connectivity index (χ2n) is 3.57. The van der Waals surface area contributed by atoms with Crippen LogP contribution in [0.15, 0.2) is 28.8 Å². The fourth-order valence-corrected chi connectivity index (χ4v) is 1.82. The molecule has 2 aromatic rings. The number of hydrogen-bond acceptors (Lipinski definition) is 3. The standard InChI is InChI=1S/C12H10NO2/c1-2-11-8-14-5-3-9(11)7-10(1)12-13-4-6-15-12/h1-2,4,7H,3,5,8H2. The molecule has 75 valence electrons. The van der Waals surface area contributed by atoms with Gasteiger partial charge in [-0.25, -0.2) is 4.98 Å². The van der Waals surface area contributed by atoms with E-state index in [1.165, 1.54) is 17.3 Å². The maximum absolute atomic E-state index is 5.38. The smallest absolute Gasteiger partial charge is 0.226 e. The maximum atomic E-state index is 5.38. The number of ether oxygens (including phenoxy) is 1. The Morgan fingerprint density at radius 1 is 1.27 bits per heavy atom. The normalized spacial score (nSPS) is 14.9. The molecule has 1 radical (unpaired) electrons. The van der Waals surface area contributed by atoms with Crippen LogP contribution >= 0.6 is 0 Å². The number of nitrogens with zero attached hydrogens (tertiary/aromatic N) is 1. The lowest BCUT2D eigenvalue weighted by molar-refractivity contribution is 0.111. The van der Waals surface area contributed by atoms with E-state index in [0.29, 0.717) is 12.5 Å². The molecule has 0 saturated carbocycles. The summed E-state index contributed by atoms with van der Waals surface area (Å²) in [6.45, 7) is 1.52. The zero-order valence-electron chi connectivity index (χ0n) is 8.19. The first-order valence-corrected chi connectivity index (χ1v) is 4.95. The molecule has 0 atom stereocenters. The summed E-state index contributed by atoms with van der Waals surface area (Å²) in [7, 11) is 0. The van der Waals surface area contributed by atoms with E-state index in [4.69, 9.17) is 9.15 Å². The van der Waals surface area contributed by atoms with Crippen LogP contribution in [-0.2, 0) is 17.8 Å². The lowest BCUT2D eigenvalue weighted by Crippen LogP contribution is -2.09. The fraction of sp³-hybridized carbons (Fsp3) is 0.250. The molecule has 0 aliphatic carbocycles. The zero-order valence-corrected chi connectivity index (χ0v) is 8.19. The molecule has 2 heterocycles. The highest BCUT2D eigenvalue weighted by Crippen LogP contribution is 2.23. The van der Waals surface area contributed by atoms with Crippen LogP contribution in [0.1, 0.15) is 11.1 Å². The Kier molecular flexibility index (Phi) is 2.03. The van der Waals surface area contributed by atoms with E-state index in [1.54, 1.807) is 0 Å². The Hall–Kier alpha value is -1.61. The molecule has 15 heavy (non-hydrogen) atoms. The van der Waals surface area contributed by atoms with Crippen LogP contribution < -0.4 is 0 Å². The lowest BCUT2D eigenvalue weighted by Gasteiger charge is -2.16. The Labute approximate surface area is 87.7 Å². The average molecular weight is 200 g/mol. The summed E-state index contributed by atoms with van der Waals surface area (Å²) >= 11 is 0. The molecule has 1 aliphatic rings. The first kappa shape index (κ1) is 8.68. The summed E-state index contributed by atoms with van der Waals surface area (Å²) < 4.78 is 10.5. The topological polar surface area (TPSA) is 35.3 Å². The van der Waals surface area contributed by atoms with Crippen LogP contribution in [0.2, 0.25) is 0 Å². The quantitative estimate of drug-likeness (QED) is 0.708. The van der Waals surface area contributed by atoms with Gasteiger partial charge in [0.25, 0.3) is 0 Å². The molecule has 0 unspecified atom stereocenters. The SMILES string of the molecule is [c]1cnc(-c2ccc3c(c2)CCOC3)o1. The summed E-state index contributed by atoms with van der Waals surface area (Å²) in [6, 6.07) is 6.21. The van der Waals surface area contributed by atoms with Crippen molar-refractivity contribution in [2.75, 3.05) is 6.61 Å². The second-order valence-corrected chi connectivity index (χ2v) is 3.57. The van der Waals surface area contributed by atoms with Crippen molar-refractivity contribution in [3.05, 3.63) is 41.8 Å². The number of oxazole rings is 1. The number of benzene rings is 1. The molecule has 1 aliphatic heterocycles. The van der Waals surface area contributed by atoms with Crippen LogP contribution in [0.3, 0.4) is 0 Å². The first-order chi connectivity index (χ1) is 7.43. The van der Waals surface area contributed by atoms with Crippen molar-refractivity contribution in [2.24, 2.45) is 0 Å². The predicted molar refractivity (Wildman–Crippen MR) is 54.1 cm³/mol. The van der Waals surface area contributed by atoms with Crippen molar-refractivity contribution in [1.82, 2.24) is 4.98 Å². The van der Waals surface area contributed by atoms with E-state index in [9.17, 15) is 0 Å². The van der Waals surface area contributed by atoms with Gasteiger partial charge in [-0.1, -0.05) is 6.07 Å². The van der Waals surface area contributed by atoms with Crippen LogP contribution in [0.4, 0.5) is 0 Å². The van der Waals surface area contributed by atoms with E-state index in [1.807, 2.05) is 6.07 Å². The molecule has 3 rings (SSSR count). The molecule has 3 nitrogen and oxygen atoms in total. The van der Waals surface area contributed by atoms with Gasteiger partial charge in [-0.05, 0) is 29.7 Å². The van der Waals surface area contributed by atoms with Gasteiger partial charge in [0.15, 0.2) is 6.26 Å². The summed E-state index contributed by atoms with van der Waals surface area (Å²) in [4.78, 5) is 4.08. The van der Waals surface area contributed by atoms with Gasteiger partial charge in [0.1, 0.15) is 0 Å². The van der Waals surface area contributed by atoms with Gasteiger partial charge in [-0.2, -0.15) is 0 Å². The van der Waals surface area contributed by atoms with Gasteiger partial charge in [-0.15, -0.1) is 0 Å². The summed E-state index contributed by atoms with van der Waals surface area (Å²) in [6.07, 6.45) is 5.10. The lowest BCUT2D eigenvalue weighted by atomic mass is 10.0. The molecule has 0 amide bonds. The van der Waals surface area contributed by atoms with Crippen molar-refractivity contribution in [2.45, 2.75) is 13.0 Å². The van der Waals surface area contributed by atoms with Crippen LogP contribution in [0.5, 0.6) is 0 Å². The van der Waals surface area contributed by atoms with Gasteiger partial charge in [-0.3, -0.25) is 0 Å². The van der Waals surface area contributed by atoms with E-state index in [2.05, 4.69) is 23.4 Å². The Bertz CT molecular complexity index is 462. The molecule has 0 N–H and O–H groups in total. The fourth-order valence-electron chi connectivity index (χ4n) is 1.82. The first-order valence-electron chi connectivity index (χ1n) is 4.95. The highest BCUT2D eigenvalue weighted by molar-refractivity contribution is 5.55. The molecule has 1 aromatic heterocycles. The number of fused-ring (bicyclic) bond motifs is 1. The van der Waals surface area contributed by atoms with Crippen molar-refractivity contribution in [3.8, 4) is 11.5 Å². The van der Waals surface area contributed by atoms with E-state index >= 15 is 0 Å². The minimum Gasteiger partial charge on any atom is -0.433 e. The highest BCUT2D eigenvalue weighted by Gasteiger charge is 2.11. The molecular formula is C12H10NO2. The van der Waals surface area contributed by atoms with Gasteiger partial charge in [0.05, 0.1) is 19.4 Å². The third-order valence-corrected chi connectivity index (χ3v) is 2.62. The average Bonchev–Trinajstić information content (AvgIpc) is 2.82. The Balaban J connectivity index is 2.04. The number of rotatable bonds is 1. The van der Waals surface area contributed by atoms with Crippen molar-refractivity contribution in [3.63, 3.8) is 0 Å². The third kappa shape index (κ3) is 1.55. The molecular weight excluding hydrogens is 190 g/mol. The summed E-state index contributed by atoms with van der Waals surface area (Å²) in [5.74, 6) is 0.629. The van der Waals surface area contributed by atoms with Crippen molar-refractivity contribution >= 4 is 0 Å². The molecule has 0 spiro atoms. The number of aromatic nitrogens is 1. The van der Waals surface area contributed by atoms with E-state index < -0.39 is 0 Å². The second kappa shape index (κ2) is 3.51. The minimum absolute atomic E-state index is 0.629. The van der Waals surface area contributed by atoms with Gasteiger partial charge in [0, 0.05) is 5.56 Å². The zero-order chi connectivity index (χ0) is 10.1. The Morgan fingerprint density at radius 2 is 2.27 bits per heavy atom. The predicted octanol–water partition coefficient (Wildman–Crippen LogP) is 2.21. The van der Waals surface area contributed by atoms with Gasteiger partial charge >= 0.3 is 0 Å². The third-order valence-electron chi connectivity index (χ3n) is 2.62. The maximum Gasteiger partial charge on any atom is 0.226 e. The molecule has 3 heteroatoms. The van der Waals surface area contributed by atoms with Crippen LogP contribution in [-0.4, -0.2) is 11.6 Å². The molecule has 1 aromatic carbocycles. The highest BCUT2D eigenvalue weighted by atomic mass is 16.5. The minimum atomic E-state index is 0.629. The van der Waals surface area contributed by atoms with Crippen molar-refractivity contribution in [1.29, 1.82) is 0 Å². The Morgan fingerprint density at radius 3 is 3.13 bits per heavy atom. The van der Waals surface area contributed by atoms with Crippen molar-refractivity contribution < 1.29 is 9.15 Å². The summed E-state index contributed by atoms with van der Waals surface area (Å²) in [5, 5.41) is 0. The van der Waals surface area contributed by atoms with E-state index in [0.717, 1.165) is 18.6 Å². The number of hydrogen-bond donors (Lipinski definition) is 0. The van der Waals surface area contributed by atoms with E-state index in [-0.39, 0.29) is 0 Å². The van der Waals surface area contributed by atoms with Gasteiger partial charge in [0.2, 0.25) is 5.89 Å².